The Morgan fingerprint density at radius 2 is 2.11 bits per heavy atom. The number of nitro benzene ring substituents is 1. The Hall–Kier alpha value is -3.50. The van der Waals surface area contributed by atoms with Crippen LogP contribution >= 0.6 is 0 Å². The Bertz CT molecular complexity index is 895. The third-order valence-electron chi connectivity index (χ3n) is 4.42. The van der Waals surface area contributed by atoms with Crippen LogP contribution in [0, 0.1) is 17.0 Å². The van der Waals surface area contributed by atoms with E-state index in [0.29, 0.717) is 17.3 Å². The molecular weight excluding hydrogens is 356 g/mol. The van der Waals surface area contributed by atoms with Crippen LogP contribution in [0.15, 0.2) is 24.3 Å². The lowest BCUT2D eigenvalue weighted by Gasteiger charge is -2.33. The first-order chi connectivity index (χ1) is 12.9. The van der Waals surface area contributed by atoms with Gasteiger partial charge in [0.2, 0.25) is 5.91 Å². The van der Waals surface area contributed by atoms with Crippen molar-refractivity contribution in [3.63, 3.8) is 0 Å². The van der Waals surface area contributed by atoms with Crippen molar-refractivity contribution in [1.82, 2.24) is 19.7 Å². The first-order valence-corrected chi connectivity index (χ1v) is 8.26. The van der Waals surface area contributed by atoms with Crippen molar-refractivity contribution in [2.45, 2.75) is 32.5 Å². The largest absolute Gasteiger partial charge is 0.480 e. The van der Waals surface area contributed by atoms with Gasteiger partial charge in [0.15, 0.2) is 5.82 Å². The number of amides is 1. The van der Waals surface area contributed by atoms with Gasteiger partial charge < -0.3 is 19.9 Å². The van der Waals surface area contributed by atoms with Gasteiger partial charge in [0.25, 0.3) is 5.69 Å². The quantitative estimate of drug-likeness (QED) is 0.558. The van der Waals surface area contributed by atoms with Crippen LogP contribution in [0.4, 0.5) is 11.4 Å². The maximum absolute atomic E-state index is 12.6. The summed E-state index contributed by atoms with van der Waals surface area (Å²) >= 11 is 0. The third-order valence-corrected chi connectivity index (χ3v) is 4.42. The number of fused-ring (bicyclic) bond motifs is 1. The number of carboxylic acids is 1. The van der Waals surface area contributed by atoms with E-state index in [0.717, 1.165) is 0 Å². The average molecular weight is 374 g/mol. The van der Waals surface area contributed by atoms with Gasteiger partial charge in [-0.2, -0.15) is 0 Å². The standard InChI is InChI=1S/C16H18N6O5/c1-10-18-19-14-9-21(13(16(24)25)8-20(10)14)15(23)6-7-17-11-4-2-3-5-12(11)22(26)27/h2-5,13,17H,6-9H2,1H3,(H,24,25). The molecule has 1 aromatic heterocycles. The molecule has 1 unspecified atom stereocenters. The first kappa shape index (κ1) is 18.3. The molecule has 0 aliphatic carbocycles. The lowest BCUT2D eigenvalue weighted by molar-refractivity contribution is -0.384. The van der Waals surface area contributed by atoms with E-state index < -0.39 is 16.9 Å². The highest BCUT2D eigenvalue weighted by molar-refractivity contribution is 5.84. The van der Waals surface area contributed by atoms with Gasteiger partial charge in [-0.1, -0.05) is 12.1 Å². The normalized spacial score (nSPS) is 15.9. The molecule has 1 aromatic carbocycles. The monoisotopic (exact) mass is 374 g/mol. The van der Waals surface area contributed by atoms with Gasteiger partial charge in [0.05, 0.1) is 18.0 Å². The highest BCUT2D eigenvalue weighted by Gasteiger charge is 2.36. The van der Waals surface area contributed by atoms with E-state index in [-0.39, 0.29) is 37.6 Å². The molecular formula is C16H18N6O5. The number of para-hydroxylation sites is 2. The number of hydrogen-bond acceptors (Lipinski definition) is 7. The molecule has 11 nitrogen and oxygen atoms in total. The van der Waals surface area contributed by atoms with Crippen molar-refractivity contribution < 1.29 is 19.6 Å². The molecule has 2 aromatic rings. The lowest BCUT2D eigenvalue weighted by Crippen LogP contribution is -2.51. The maximum atomic E-state index is 12.6. The van der Waals surface area contributed by atoms with Gasteiger partial charge in [-0.05, 0) is 13.0 Å². The number of carbonyl (C=O) groups is 2. The Kier molecular flexibility index (Phi) is 5.01. The highest BCUT2D eigenvalue weighted by Crippen LogP contribution is 2.23. The highest BCUT2D eigenvalue weighted by atomic mass is 16.6. The van der Waals surface area contributed by atoms with Gasteiger partial charge in [-0.3, -0.25) is 14.9 Å². The van der Waals surface area contributed by atoms with Crippen LogP contribution in [-0.4, -0.2) is 54.2 Å². The fourth-order valence-corrected chi connectivity index (χ4v) is 3.02. The van der Waals surface area contributed by atoms with Gasteiger partial charge in [-0.25, -0.2) is 4.79 Å². The lowest BCUT2D eigenvalue weighted by atomic mass is 10.1. The molecule has 27 heavy (non-hydrogen) atoms. The van der Waals surface area contributed by atoms with Crippen molar-refractivity contribution in [1.29, 1.82) is 0 Å². The van der Waals surface area contributed by atoms with Crippen LogP contribution in [0.25, 0.3) is 0 Å². The number of rotatable bonds is 6. The Morgan fingerprint density at radius 3 is 2.81 bits per heavy atom. The zero-order valence-electron chi connectivity index (χ0n) is 14.5. The third kappa shape index (κ3) is 3.71. The van der Waals surface area contributed by atoms with Crippen molar-refractivity contribution in [3.8, 4) is 0 Å². The molecule has 2 heterocycles. The molecule has 1 amide bonds. The number of aliphatic carboxylic acids is 1. The summed E-state index contributed by atoms with van der Waals surface area (Å²) in [4.78, 5) is 35.9. The summed E-state index contributed by atoms with van der Waals surface area (Å²) in [5, 5.41) is 31.2. The van der Waals surface area contributed by atoms with E-state index in [2.05, 4.69) is 15.5 Å². The van der Waals surface area contributed by atoms with E-state index in [1.807, 2.05) is 0 Å². The van der Waals surface area contributed by atoms with Crippen LogP contribution in [-0.2, 0) is 22.7 Å². The number of aryl methyl sites for hydroxylation is 1. The number of carbonyl (C=O) groups excluding carboxylic acids is 1. The Balaban J connectivity index is 1.67. The van der Waals surface area contributed by atoms with Crippen molar-refractivity contribution in [2.75, 3.05) is 11.9 Å². The fraction of sp³-hybridized carbons (Fsp3) is 0.375. The van der Waals surface area contributed by atoms with Crippen LogP contribution in [0.2, 0.25) is 0 Å². The zero-order chi connectivity index (χ0) is 19.6. The van der Waals surface area contributed by atoms with Crippen LogP contribution < -0.4 is 5.32 Å². The SMILES string of the molecule is Cc1nnc2n1CC(C(=O)O)N(C(=O)CCNc1ccccc1[N+](=O)[O-])C2. The van der Waals surface area contributed by atoms with Crippen LogP contribution in [0.5, 0.6) is 0 Å². The molecule has 1 atom stereocenters. The first-order valence-electron chi connectivity index (χ1n) is 8.26. The Morgan fingerprint density at radius 1 is 1.37 bits per heavy atom. The minimum Gasteiger partial charge on any atom is -0.480 e. The van der Waals surface area contributed by atoms with Crippen molar-refractivity contribution in [2.24, 2.45) is 0 Å². The molecule has 3 rings (SSSR count). The van der Waals surface area contributed by atoms with Gasteiger partial charge in [-0.15, -0.1) is 10.2 Å². The molecule has 11 heteroatoms. The predicted molar refractivity (Wildman–Crippen MR) is 92.9 cm³/mol. The number of aromatic nitrogens is 3. The van der Waals surface area contributed by atoms with E-state index >= 15 is 0 Å². The summed E-state index contributed by atoms with van der Waals surface area (Å²) < 4.78 is 1.69. The van der Waals surface area contributed by atoms with E-state index in [1.54, 1.807) is 29.7 Å². The van der Waals surface area contributed by atoms with Gasteiger partial charge in [0, 0.05) is 19.0 Å². The zero-order valence-corrected chi connectivity index (χ0v) is 14.5. The second-order valence-electron chi connectivity index (χ2n) is 6.10. The maximum Gasteiger partial charge on any atom is 0.328 e. The second kappa shape index (κ2) is 7.40. The van der Waals surface area contributed by atoms with E-state index in [9.17, 15) is 24.8 Å². The summed E-state index contributed by atoms with van der Waals surface area (Å²) in [6.45, 7) is 2.01. The molecule has 2 N–H and O–H groups in total. The number of nitrogens with one attached hydrogen (secondary N) is 1. The number of carboxylic acid groups (broad SMARTS) is 1. The average Bonchev–Trinajstić information content (AvgIpc) is 3.01. The number of nitro groups is 1. The minimum atomic E-state index is -1.10. The molecule has 1 aliphatic heterocycles. The van der Waals surface area contributed by atoms with Crippen LogP contribution in [0.1, 0.15) is 18.1 Å². The summed E-state index contributed by atoms with van der Waals surface area (Å²) in [5.41, 5.74) is 0.217. The summed E-state index contributed by atoms with van der Waals surface area (Å²) in [5.74, 6) is -0.347. The van der Waals surface area contributed by atoms with Gasteiger partial charge >= 0.3 is 5.97 Å². The molecule has 0 saturated heterocycles. The molecule has 1 aliphatic rings. The number of nitrogens with zero attached hydrogens (tertiary/aromatic N) is 5. The van der Waals surface area contributed by atoms with Crippen molar-refractivity contribution in [3.05, 3.63) is 46.0 Å². The molecule has 0 spiro atoms. The second-order valence-corrected chi connectivity index (χ2v) is 6.10. The number of anilines is 1. The summed E-state index contributed by atoms with van der Waals surface area (Å²) in [6.07, 6.45) is -0.0110. The van der Waals surface area contributed by atoms with E-state index in [1.165, 1.54) is 11.0 Å². The molecule has 0 bridgehead atoms. The molecule has 0 fully saturated rings. The number of benzene rings is 1. The van der Waals surface area contributed by atoms with E-state index in [4.69, 9.17) is 0 Å². The summed E-state index contributed by atoms with van der Waals surface area (Å²) in [6, 6.07) is 5.11. The van der Waals surface area contributed by atoms with Crippen molar-refractivity contribution >= 4 is 23.3 Å². The summed E-state index contributed by atoms with van der Waals surface area (Å²) in [7, 11) is 0. The molecule has 142 valence electrons. The Labute approximate surface area is 153 Å². The molecule has 0 radical (unpaired) electrons. The smallest absolute Gasteiger partial charge is 0.328 e. The number of hydrogen-bond donors (Lipinski definition) is 2. The van der Waals surface area contributed by atoms with Gasteiger partial charge in [0.1, 0.15) is 17.6 Å². The fourth-order valence-electron chi connectivity index (χ4n) is 3.02. The predicted octanol–water partition coefficient (Wildman–Crippen LogP) is 0.792. The molecule has 0 saturated carbocycles. The topological polar surface area (TPSA) is 143 Å². The van der Waals surface area contributed by atoms with Crippen LogP contribution in [0.3, 0.4) is 0 Å². The minimum absolute atomic E-state index is 0.0110.